The molecule has 0 saturated heterocycles. The van der Waals surface area contributed by atoms with Crippen molar-refractivity contribution in [3.63, 3.8) is 0 Å². The van der Waals surface area contributed by atoms with E-state index in [1.54, 1.807) is 0 Å². The quantitative estimate of drug-likeness (QED) is 0.730. The molecule has 0 saturated carbocycles. The van der Waals surface area contributed by atoms with Gasteiger partial charge in [-0.25, -0.2) is 0 Å². The standard InChI is InChI=1S/C20H18N4OS/c1-12-7-9-14(10-8-12)23-19(25)17-16(13-5-3-2-4-6-13)15(11-21)18(22)24-20(17)26/h2-10,16-17H,22H2,1H3,(H,23,25)(H,24,26)/t16-,17-/m0/s1. The van der Waals surface area contributed by atoms with Crippen molar-refractivity contribution in [2.75, 3.05) is 5.32 Å². The number of nitrogens with two attached hydrogens (primary N) is 1. The summed E-state index contributed by atoms with van der Waals surface area (Å²) in [6, 6.07) is 19.0. The Hall–Kier alpha value is -3.17. The lowest BCUT2D eigenvalue weighted by Gasteiger charge is -2.32. The second-order valence-electron chi connectivity index (χ2n) is 6.15. The Balaban J connectivity index is 1.99. The zero-order valence-corrected chi connectivity index (χ0v) is 15.0. The van der Waals surface area contributed by atoms with Crippen molar-refractivity contribution >= 4 is 28.8 Å². The van der Waals surface area contributed by atoms with Gasteiger partial charge in [-0.05, 0) is 24.6 Å². The Bertz CT molecular complexity index is 913. The van der Waals surface area contributed by atoms with Gasteiger partial charge in [-0.2, -0.15) is 5.26 Å². The molecule has 3 rings (SSSR count). The summed E-state index contributed by atoms with van der Waals surface area (Å²) in [6.07, 6.45) is 0. The van der Waals surface area contributed by atoms with E-state index in [4.69, 9.17) is 18.0 Å². The number of nitriles is 1. The third kappa shape index (κ3) is 3.44. The molecule has 130 valence electrons. The third-order valence-corrected chi connectivity index (χ3v) is 4.71. The Kier molecular flexibility index (Phi) is 5.01. The number of hydrogen-bond acceptors (Lipinski definition) is 4. The molecule has 0 spiro atoms. The first kappa shape index (κ1) is 17.6. The monoisotopic (exact) mass is 362 g/mol. The predicted octanol–water partition coefficient (Wildman–Crippen LogP) is 2.96. The number of nitrogens with zero attached hydrogens (tertiary/aromatic N) is 1. The highest BCUT2D eigenvalue weighted by molar-refractivity contribution is 7.80. The molecule has 0 aliphatic carbocycles. The number of anilines is 1. The average Bonchev–Trinajstić information content (AvgIpc) is 2.63. The second-order valence-corrected chi connectivity index (χ2v) is 6.59. The molecule has 0 aromatic heterocycles. The Morgan fingerprint density at radius 2 is 1.85 bits per heavy atom. The van der Waals surface area contributed by atoms with Gasteiger partial charge in [0.25, 0.3) is 0 Å². The Morgan fingerprint density at radius 1 is 1.19 bits per heavy atom. The summed E-state index contributed by atoms with van der Waals surface area (Å²) in [7, 11) is 0. The minimum atomic E-state index is -0.726. The average molecular weight is 362 g/mol. The fraction of sp³-hybridized carbons (Fsp3) is 0.150. The van der Waals surface area contributed by atoms with Crippen LogP contribution in [0.25, 0.3) is 0 Å². The summed E-state index contributed by atoms with van der Waals surface area (Å²) < 4.78 is 0. The van der Waals surface area contributed by atoms with Gasteiger partial charge in [0.15, 0.2) is 0 Å². The van der Waals surface area contributed by atoms with E-state index in [0.717, 1.165) is 11.1 Å². The topological polar surface area (TPSA) is 90.9 Å². The van der Waals surface area contributed by atoms with E-state index in [9.17, 15) is 10.1 Å². The maximum Gasteiger partial charge on any atom is 0.235 e. The van der Waals surface area contributed by atoms with Crippen LogP contribution in [0.5, 0.6) is 0 Å². The SMILES string of the molecule is Cc1ccc(NC(=O)[C@H]2C(=S)NC(N)=C(C#N)[C@@H]2c2ccccc2)cc1. The number of nitrogens with one attached hydrogen (secondary N) is 2. The molecular weight excluding hydrogens is 344 g/mol. The van der Waals surface area contributed by atoms with E-state index in [1.165, 1.54) is 0 Å². The highest BCUT2D eigenvalue weighted by Crippen LogP contribution is 2.36. The molecule has 4 N–H and O–H groups in total. The van der Waals surface area contributed by atoms with Gasteiger partial charge in [-0.15, -0.1) is 0 Å². The predicted molar refractivity (Wildman–Crippen MR) is 105 cm³/mol. The number of amides is 1. The van der Waals surface area contributed by atoms with Gasteiger partial charge in [-0.3, -0.25) is 4.79 Å². The fourth-order valence-corrected chi connectivity index (χ4v) is 3.39. The molecule has 1 heterocycles. The van der Waals surface area contributed by atoms with Gasteiger partial charge in [0.1, 0.15) is 11.7 Å². The van der Waals surface area contributed by atoms with Crippen LogP contribution in [-0.2, 0) is 4.79 Å². The summed E-state index contributed by atoms with van der Waals surface area (Å²) in [5, 5.41) is 15.3. The van der Waals surface area contributed by atoms with Crippen molar-refractivity contribution in [1.29, 1.82) is 5.26 Å². The Labute approximate surface area is 157 Å². The first-order valence-electron chi connectivity index (χ1n) is 8.14. The van der Waals surface area contributed by atoms with Crippen molar-refractivity contribution < 1.29 is 4.79 Å². The molecule has 2 aromatic carbocycles. The fourth-order valence-electron chi connectivity index (χ4n) is 3.04. The number of benzene rings is 2. The zero-order valence-electron chi connectivity index (χ0n) is 14.2. The number of aryl methyl sites for hydroxylation is 1. The van der Waals surface area contributed by atoms with Crippen LogP contribution < -0.4 is 16.4 Å². The van der Waals surface area contributed by atoms with E-state index in [0.29, 0.717) is 16.2 Å². The summed E-state index contributed by atoms with van der Waals surface area (Å²) in [5.74, 6) is -1.33. The number of hydrogen-bond donors (Lipinski definition) is 3. The smallest absolute Gasteiger partial charge is 0.235 e. The minimum absolute atomic E-state index is 0.200. The molecule has 2 aromatic rings. The third-order valence-electron chi connectivity index (χ3n) is 4.36. The van der Waals surface area contributed by atoms with E-state index in [2.05, 4.69) is 16.7 Å². The maximum absolute atomic E-state index is 13.0. The second kappa shape index (κ2) is 7.38. The van der Waals surface area contributed by atoms with Crippen molar-refractivity contribution in [1.82, 2.24) is 5.32 Å². The normalized spacial score (nSPS) is 19.5. The molecule has 26 heavy (non-hydrogen) atoms. The van der Waals surface area contributed by atoms with Crippen molar-refractivity contribution in [2.45, 2.75) is 12.8 Å². The molecule has 0 bridgehead atoms. The highest BCUT2D eigenvalue weighted by Gasteiger charge is 2.40. The summed E-state index contributed by atoms with van der Waals surface area (Å²) in [5.41, 5.74) is 8.88. The van der Waals surface area contributed by atoms with Crippen molar-refractivity contribution in [2.24, 2.45) is 11.7 Å². The highest BCUT2D eigenvalue weighted by atomic mass is 32.1. The molecule has 2 atom stereocenters. The number of allylic oxidation sites excluding steroid dienone is 1. The van der Waals surface area contributed by atoms with E-state index in [-0.39, 0.29) is 11.7 Å². The molecule has 5 nitrogen and oxygen atoms in total. The van der Waals surface area contributed by atoms with Crippen LogP contribution in [-0.4, -0.2) is 10.9 Å². The van der Waals surface area contributed by atoms with Gasteiger partial charge in [0.05, 0.1) is 16.6 Å². The molecule has 6 heteroatoms. The lowest BCUT2D eigenvalue weighted by atomic mass is 9.78. The molecular formula is C20H18N4OS. The molecule has 1 amide bonds. The van der Waals surface area contributed by atoms with Gasteiger partial charge in [0.2, 0.25) is 5.91 Å². The molecule has 0 radical (unpaired) electrons. The van der Waals surface area contributed by atoms with Crippen LogP contribution in [0.15, 0.2) is 66.0 Å². The van der Waals surface area contributed by atoms with Crippen LogP contribution in [0.2, 0.25) is 0 Å². The van der Waals surface area contributed by atoms with Crippen LogP contribution in [0.3, 0.4) is 0 Å². The van der Waals surface area contributed by atoms with Gasteiger partial charge < -0.3 is 16.4 Å². The first-order valence-corrected chi connectivity index (χ1v) is 8.55. The summed E-state index contributed by atoms with van der Waals surface area (Å²) >= 11 is 5.40. The molecule has 0 fully saturated rings. The van der Waals surface area contributed by atoms with E-state index in [1.807, 2.05) is 61.5 Å². The molecule has 1 aliphatic rings. The van der Waals surface area contributed by atoms with E-state index < -0.39 is 11.8 Å². The molecule has 1 aliphatic heterocycles. The number of rotatable bonds is 3. The van der Waals surface area contributed by atoms with Gasteiger partial charge in [0, 0.05) is 11.6 Å². The maximum atomic E-state index is 13.0. The van der Waals surface area contributed by atoms with Crippen LogP contribution in [0, 0.1) is 24.2 Å². The minimum Gasteiger partial charge on any atom is -0.384 e. The van der Waals surface area contributed by atoms with Crippen LogP contribution in [0.1, 0.15) is 17.0 Å². The lowest BCUT2D eigenvalue weighted by Crippen LogP contribution is -2.46. The van der Waals surface area contributed by atoms with Gasteiger partial charge in [-0.1, -0.05) is 60.2 Å². The summed E-state index contributed by atoms with van der Waals surface area (Å²) in [4.78, 5) is 13.3. The largest absolute Gasteiger partial charge is 0.384 e. The first-order chi connectivity index (χ1) is 12.5. The lowest BCUT2D eigenvalue weighted by molar-refractivity contribution is -0.118. The van der Waals surface area contributed by atoms with Crippen LogP contribution >= 0.6 is 12.2 Å². The number of carbonyl (C=O) groups excluding carboxylic acids is 1. The molecule has 0 unspecified atom stereocenters. The number of thiocarbonyl (C=S) groups is 1. The summed E-state index contributed by atoms with van der Waals surface area (Å²) in [6.45, 7) is 1.98. The van der Waals surface area contributed by atoms with Crippen LogP contribution in [0.4, 0.5) is 5.69 Å². The zero-order chi connectivity index (χ0) is 18.7. The van der Waals surface area contributed by atoms with Crippen molar-refractivity contribution in [3.8, 4) is 6.07 Å². The van der Waals surface area contributed by atoms with Gasteiger partial charge >= 0.3 is 0 Å². The van der Waals surface area contributed by atoms with Crippen molar-refractivity contribution in [3.05, 3.63) is 77.1 Å². The van der Waals surface area contributed by atoms with E-state index >= 15 is 0 Å². The Morgan fingerprint density at radius 3 is 2.46 bits per heavy atom. The number of carbonyl (C=O) groups is 1.